The van der Waals surface area contributed by atoms with Crippen LogP contribution in [-0.2, 0) is 11.3 Å². The molecule has 0 saturated heterocycles. The predicted molar refractivity (Wildman–Crippen MR) is 78.6 cm³/mol. The second-order valence-electron chi connectivity index (χ2n) is 4.45. The molecule has 0 fully saturated rings. The van der Waals surface area contributed by atoms with Crippen molar-refractivity contribution in [2.45, 2.75) is 6.54 Å². The van der Waals surface area contributed by atoms with Gasteiger partial charge in [0.25, 0.3) is 0 Å². The Labute approximate surface area is 121 Å². The molecule has 21 heavy (non-hydrogen) atoms. The van der Waals surface area contributed by atoms with E-state index in [9.17, 15) is 4.79 Å². The van der Waals surface area contributed by atoms with E-state index in [0.717, 1.165) is 16.7 Å². The minimum absolute atomic E-state index is 0.130. The van der Waals surface area contributed by atoms with Gasteiger partial charge in [-0.25, -0.2) is 9.97 Å². The van der Waals surface area contributed by atoms with E-state index in [4.69, 9.17) is 4.42 Å². The Bertz CT molecular complexity index is 735. The summed E-state index contributed by atoms with van der Waals surface area (Å²) in [6.45, 7) is 0.514. The van der Waals surface area contributed by atoms with Crippen LogP contribution in [0.2, 0.25) is 0 Å². The lowest BCUT2D eigenvalue weighted by molar-refractivity contribution is -0.119. The molecule has 6 heteroatoms. The Morgan fingerprint density at radius 2 is 2.05 bits per heavy atom. The van der Waals surface area contributed by atoms with Crippen molar-refractivity contribution in [1.82, 2.24) is 15.3 Å². The summed E-state index contributed by atoms with van der Waals surface area (Å²) in [4.78, 5) is 20.1. The van der Waals surface area contributed by atoms with Crippen molar-refractivity contribution in [3.8, 4) is 0 Å². The average Bonchev–Trinajstić information content (AvgIpc) is 3.04. The first-order valence-electron chi connectivity index (χ1n) is 6.55. The number of benzene rings is 1. The molecule has 0 spiro atoms. The van der Waals surface area contributed by atoms with E-state index >= 15 is 0 Å². The number of para-hydroxylation sites is 1. The third-order valence-corrected chi connectivity index (χ3v) is 3.00. The quantitative estimate of drug-likeness (QED) is 0.747. The van der Waals surface area contributed by atoms with Crippen molar-refractivity contribution in [3.05, 3.63) is 54.7 Å². The third-order valence-electron chi connectivity index (χ3n) is 3.00. The van der Waals surface area contributed by atoms with Gasteiger partial charge in [-0.15, -0.1) is 0 Å². The van der Waals surface area contributed by atoms with Gasteiger partial charge in [-0.2, -0.15) is 0 Å². The van der Waals surface area contributed by atoms with E-state index in [1.165, 1.54) is 6.33 Å². The van der Waals surface area contributed by atoms with Gasteiger partial charge in [-0.1, -0.05) is 12.1 Å². The molecular weight excluding hydrogens is 268 g/mol. The summed E-state index contributed by atoms with van der Waals surface area (Å²) in [5, 5.41) is 6.68. The number of carbonyl (C=O) groups excluding carboxylic acids is 1. The maximum Gasteiger partial charge on any atom is 0.239 e. The SMILES string of the molecule is O=C(CNc1ncnc2ccccc12)NCc1ccco1. The molecule has 0 aliphatic rings. The summed E-state index contributed by atoms with van der Waals surface area (Å²) in [7, 11) is 0. The Kier molecular flexibility index (Phi) is 3.77. The van der Waals surface area contributed by atoms with E-state index in [-0.39, 0.29) is 12.5 Å². The number of aromatic nitrogens is 2. The number of nitrogens with one attached hydrogen (secondary N) is 2. The highest BCUT2D eigenvalue weighted by molar-refractivity contribution is 5.90. The Hall–Kier alpha value is -2.89. The van der Waals surface area contributed by atoms with Gasteiger partial charge in [-0.3, -0.25) is 4.79 Å². The molecule has 1 amide bonds. The first-order valence-corrected chi connectivity index (χ1v) is 6.55. The second-order valence-corrected chi connectivity index (χ2v) is 4.45. The number of anilines is 1. The van der Waals surface area contributed by atoms with Crippen LogP contribution < -0.4 is 10.6 Å². The van der Waals surface area contributed by atoms with Crippen molar-refractivity contribution in [2.75, 3.05) is 11.9 Å². The fourth-order valence-corrected chi connectivity index (χ4v) is 1.97. The van der Waals surface area contributed by atoms with Crippen LogP contribution >= 0.6 is 0 Å². The number of rotatable bonds is 5. The van der Waals surface area contributed by atoms with Gasteiger partial charge in [0.2, 0.25) is 5.91 Å². The Morgan fingerprint density at radius 1 is 1.14 bits per heavy atom. The number of amides is 1. The minimum Gasteiger partial charge on any atom is -0.467 e. The summed E-state index contributed by atoms with van der Waals surface area (Å²) < 4.78 is 5.15. The lowest BCUT2D eigenvalue weighted by atomic mass is 10.2. The molecule has 1 aromatic carbocycles. The lowest BCUT2D eigenvalue weighted by Gasteiger charge is -2.08. The van der Waals surface area contributed by atoms with Crippen molar-refractivity contribution >= 4 is 22.6 Å². The lowest BCUT2D eigenvalue weighted by Crippen LogP contribution is -2.29. The van der Waals surface area contributed by atoms with Crippen molar-refractivity contribution in [1.29, 1.82) is 0 Å². The monoisotopic (exact) mass is 282 g/mol. The van der Waals surface area contributed by atoms with Crippen LogP contribution in [0.1, 0.15) is 5.76 Å². The predicted octanol–water partition coefficient (Wildman–Crippen LogP) is 1.95. The minimum atomic E-state index is -0.130. The largest absolute Gasteiger partial charge is 0.467 e. The van der Waals surface area contributed by atoms with Gasteiger partial charge in [0, 0.05) is 5.39 Å². The molecular formula is C15H14N4O2. The molecule has 106 valence electrons. The topological polar surface area (TPSA) is 80.0 Å². The molecule has 3 rings (SSSR count). The van der Waals surface area contributed by atoms with Gasteiger partial charge in [-0.05, 0) is 24.3 Å². The highest BCUT2D eigenvalue weighted by Crippen LogP contribution is 2.17. The number of hydrogen-bond acceptors (Lipinski definition) is 5. The second kappa shape index (κ2) is 6.04. The van der Waals surface area contributed by atoms with Gasteiger partial charge >= 0.3 is 0 Å². The van der Waals surface area contributed by atoms with Crippen LogP contribution in [0.15, 0.2) is 53.4 Å². The molecule has 0 unspecified atom stereocenters. The zero-order valence-corrected chi connectivity index (χ0v) is 11.2. The first kappa shape index (κ1) is 13.1. The maximum absolute atomic E-state index is 11.8. The molecule has 0 aliphatic heterocycles. The number of carbonyl (C=O) groups is 1. The normalized spacial score (nSPS) is 10.5. The van der Waals surface area contributed by atoms with Crippen LogP contribution in [-0.4, -0.2) is 22.4 Å². The number of nitrogens with zero attached hydrogens (tertiary/aromatic N) is 2. The zero-order chi connectivity index (χ0) is 14.5. The van der Waals surface area contributed by atoms with Crippen LogP contribution in [0.3, 0.4) is 0 Å². The van der Waals surface area contributed by atoms with Crippen LogP contribution in [0, 0.1) is 0 Å². The standard InChI is InChI=1S/C15H14N4O2/c20-14(16-8-11-4-3-7-21-11)9-17-15-12-5-1-2-6-13(12)18-10-19-15/h1-7,10H,8-9H2,(H,16,20)(H,17,18,19). The number of hydrogen-bond donors (Lipinski definition) is 2. The summed E-state index contributed by atoms with van der Waals surface area (Å²) in [5.74, 6) is 1.23. The summed E-state index contributed by atoms with van der Waals surface area (Å²) in [6.07, 6.45) is 3.05. The van der Waals surface area contributed by atoms with Crippen LogP contribution in [0.25, 0.3) is 10.9 Å². The zero-order valence-electron chi connectivity index (χ0n) is 11.2. The average molecular weight is 282 g/mol. The third kappa shape index (κ3) is 3.17. The smallest absolute Gasteiger partial charge is 0.239 e. The van der Waals surface area contributed by atoms with Gasteiger partial charge in [0.05, 0.1) is 24.9 Å². The molecule has 2 N–H and O–H groups in total. The molecule has 0 saturated carbocycles. The van der Waals surface area contributed by atoms with E-state index < -0.39 is 0 Å². The van der Waals surface area contributed by atoms with Crippen molar-refractivity contribution in [3.63, 3.8) is 0 Å². The highest BCUT2D eigenvalue weighted by atomic mass is 16.3. The summed E-state index contributed by atoms with van der Waals surface area (Å²) in [5.41, 5.74) is 0.839. The molecule has 0 atom stereocenters. The summed E-state index contributed by atoms with van der Waals surface area (Å²) in [6, 6.07) is 11.2. The van der Waals surface area contributed by atoms with Gasteiger partial charge in [0.15, 0.2) is 0 Å². The fourth-order valence-electron chi connectivity index (χ4n) is 1.97. The van der Waals surface area contributed by atoms with Gasteiger partial charge < -0.3 is 15.1 Å². The molecule has 2 heterocycles. The molecule has 0 aliphatic carbocycles. The van der Waals surface area contributed by atoms with Crippen molar-refractivity contribution < 1.29 is 9.21 Å². The molecule has 6 nitrogen and oxygen atoms in total. The van der Waals surface area contributed by atoms with E-state index in [1.54, 1.807) is 12.3 Å². The maximum atomic E-state index is 11.8. The van der Waals surface area contributed by atoms with E-state index in [0.29, 0.717) is 12.4 Å². The summed E-state index contributed by atoms with van der Waals surface area (Å²) >= 11 is 0. The fraction of sp³-hybridized carbons (Fsp3) is 0.133. The molecule has 0 radical (unpaired) electrons. The highest BCUT2D eigenvalue weighted by Gasteiger charge is 2.06. The number of furan rings is 1. The van der Waals surface area contributed by atoms with Crippen molar-refractivity contribution in [2.24, 2.45) is 0 Å². The number of fused-ring (bicyclic) bond motifs is 1. The first-order chi connectivity index (χ1) is 10.3. The van der Waals surface area contributed by atoms with Crippen LogP contribution in [0.4, 0.5) is 5.82 Å². The Morgan fingerprint density at radius 3 is 2.90 bits per heavy atom. The van der Waals surface area contributed by atoms with Crippen LogP contribution in [0.5, 0.6) is 0 Å². The Balaban J connectivity index is 1.60. The van der Waals surface area contributed by atoms with E-state index in [1.807, 2.05) is 30.3 Å². The van der Waals surface area contributed by atoms with Gasteiger partial charge in [0.1, 0.15) is 17.9 Å². The molecule has 3 aromatic rings. The molecule has 2 aromatic heterocycles. The molecule has 0 bridgehead atoms. The van der Waals surface area contributed by atoms with E-state index in [2.05, 4.69) is 20.6 Å².